The predicted molar refractivity (Wildman–Crippen MR) is 115 cm³/mol. The monoisotopic (exact) mass is 492 g/mol. The van der Waals surface area contributed by atoms with Gasteiger partial charge < -0.3 is 14.8 Å². The van der Waals surface area contributed by atoms with Gasteiger partial charge in [0.25, 0.3) is 5.91 Å². The SMILES string of the molecule is Cc1nc(COc2cccc(C(=O)OC(C)C(=O)Nc3ccc(Br)cc3F)c2)cs1. The number of benzene rings is 2. The fourth-order valence-electron chi connectivity index (χ4n) is 2.45. The molecule has 2 aromatic carbocycles. The first-order chi connectivity index (χ1) is 14.3. The van der Waals surface area contributed by atoms with E-state index in [1.807, 2.05) is 12.3 Å². The Kier molecular flexibility index (Phi) is 7.17. The molecule has 6 nitrogen and oxygen atoms in total. The molecular formula is C21H18BrFN2O4S. The van der Waals surface area contributed by atoms with Crippen LogP contribution in [0.25, 0.3) is 0 Å². The number of hydrogen-bond acceptors (Lipinski definition) is 6. The Labute approximate surface area is 185 Å². The van der Waals surface area contributed by atoms with Gasteiger partial charge in [0.15, 0.2) is 6.10 Å². The maximum atomic E-state index is 13.9. The third-order valence-corrected chi connectivity index (χ3v) is 5.28. The molecule has 1 aromatic heterocycles. The number of carbonyl (C=O) groups is 2. The van der Waals surface area contributed by atoms with Crippen molar-refractivity contribution in [2.24, 2.45) is 0 Å². The van der Waals surface area contributed by atoms with Crippen LogP contribution in [0.1, 0.15) is 28.0 Å². The van der Waals surface area contributed by atoms with Crippen molar-refractivity contribution in [3.05, 3.63) is 74.4 Å². The van der Waals surface area contributed by atoms with E-state index in [0.717, 1.165) is 10.7 Å². The van der Waals surface area contributed by atoms with Gasteiger partial charge >= 0.3 is 5.97 Å². The van der Waals surface area contributed by atoms with Crippen molar-refractivity contribution >= 4 is 44.8 Å². The van der Waals surface area contributed by atoms with Crippen LogP contribution >= 0.6 is 27.3 Å². The van der Waals surface area contributed by atoms with Crippen LogP contribution in [0.5, 0.6) is 5.75 Å². The number of anilines is 1. The second kappa shape index (κ2) is 9.82. The number of nitrogens with one attached hydrogen (secondary N) is 1. The van der Waals surface area contributed by atoms with E-state index < -0.39 is 23.8 Å². The minimum absolute atomic E-state index is 0.00114. The molecule has 3 aromatic rings. The first kappa shape index (κ1) is 21.9. The van der Waals surface area contributed by atoms with Gasteiger partial charge in [-0.15, -0.1) is 11.3 Å². The van der Waals surface area contributed by atoms with Crippen molar-refractivity contribution in [3.63, 3.8) is 0 Å². The third kappa shape index (κ3) is 5.87. The number of hydrogen-bond donors (Lipinski definition) is 1. The molecule has 0 bridgehead atoms. The summed E-state index contributed by atoms with van der Waals surface area (Å²) in [5.74, 6) is -1.46. The van der Waals surface area contributed by atoms with Crippen LogP contribution in [0.3, 0.4) is 0 Å². The van der Waals surface area contributed by atoms with Crippen LogP contribution in [0.4, 0.5) is 10.1 Å². The standard InChI is InChI=1S/C21H18BrFN2O4S/c1-12(20(26)25-19-7-6-15(22)9-18(19)23)29-21(27)14-4-3-5-17(8-14)28-10-16-11-30-13(2)24-16/h3-9,11-12H,10H2,1-2H3,(H,25,26). The molecule has 1 N–H and O–H groups in total. The summed E-state index contributed by atoms with van der Waals surface area (Å²) in [5, 5.41) is 5.25. The number of amides is 1. The van der Waals surface area contributed by atoms with Crippen molar-refractivity contribution in [3.8, 4) is 5.75 Å². The summed E-state index contributed by atoms with van der Waals surface area (Å²) in [5.41, 5.74) is 1.03. The quantitative estimate of drug-likeness (QED) is 0.463. The number of ether oxygens (including phenoxy) is 2. The summed E-state index contributed by atoms with van der Waals surface area (Å²) in [6.07, 6.45) is -1.12. The highest BCUT2D eigenvalue weighted by Crippen LogP contribution is 2.20. The van der Waals surface area contributed by atoms with Crippen LogP contribution < -0.4 is 10.1 Å². The Bertz CT molecular complexity index is 1070. The van der Waals surface area contributed by atoms with Crippen molar-refractivity contribution in [1.29, 1.82) is 0 Å². The lowest BCUT2D eigenvalue weighted by atomic mass is 10.2. The minimum Gasteiger partial charge on any atom is -0.487 e. The van der Waals surface area contributed by atoms with Gasteiger partial charge in [0.2, 0.25) is 0 Å². The van der Waals surface area contributed by atoms with E-state index in [4.69, 9.17) is 9.47 Å². The molecule has 30 heavy (non-hydrogen) atoms. The lowest BCUT2D eigenvalue weighted by molar-refractivity contribution is -0.123. The summed E-state index contributed by atoms with van der Waals surface area (Å²) in [6.45, 7) is 3.60. The van der Waals surface area contributed by atoms with Crippen LogP contribution in [-0.2, 0) is 16.1 Å². The maximum Gasteiger partial charge on any atom is 0.339 e. The van der Waals surface area contributed by atoms with E-state index >= 15 is 0 Å². The first-order valence-electron chi connectivity index (χ1n) is 8.92. The van der Waals surface area contributed by atoms with Crippen LogP contribution in [0.2, 0.25) is 0 Å². The molecule has 0 aliphatic heterocycles. The van der Waals surface area contributed by atoms with Crippen LogP contribution in [-0.4, -0.2) is 23.0 Å². The normalized spacial score (nSPS) is 11.6. The smallest absolute Gasteiger partial charge is 0.339 e. The Morgan fingerprint density at radius 3 is 2.77 bits per heavy atom. The van der Waals surface area contributed by atoms with Crippen molar-refractivity contribution in [2.75, 3.05) is 5.32 Å². The van der Waals surface area contributed by atoms with Crippen molar-refractivity contribution in [2.45, 2.75) is 26.6 Å². The van der Waals surface area contributed by atoms with E-state index in [1.54, 1.807) is 24.3 Å². The molecule has 0 spiro atoms. The number of carbonyl (C=O) groups excluding carboxylic acids is 2. The van der Waals surface area contributed by atoms with E-state index in [0.29, 0.717) is 10.2 Å². The Balaban J connectivity index is 1.58. The number of rotatable bonds is 7. The number of aryl methyl sites for hydroxylation is 1. The van der Waals surface area contributed by atoms with E-state index in [2.05, 4.69) is 26.2 Å². The van der Waals surface area contributed by atoms with Crippen LogP contribution in [0.15, 0.2) is 52.3 Å². The first-order valence-corrected chi connectivity index (χ1v) is 10.6. The van der Waals surface area contributed by atoms with Gasteiger partial charge in [-0.2, -0.15) is 0 Å². The molecular weight excluding hydrogens is 475 g/mol. The van der Waals surface area contributed by atoms with E-state index in [1.165, 1.54) is 36.5 Å². The highest BCUT2D eigenvalue weighted by atomic mass is 79.9. The van der Waals surface area contributed by atoms with Gasteiger partial charge in [0, 0.05) is 9.85 Å². The molecule has 1 heterocycles. The second-order valence-electron chi connectivity index (χ2n) is 6.34. The number of aromatic nitrogens is 1. The zero-order chi connectivity index (χ0) is 21.7. The third-order valence-electron chi connectivity index (χ3n) is 3.97. The Hall–Kier alpha value is -2.78. The lowest BCUT2D eigenvalue weighted by Gasteiger charge is -2.14. The van der Waals surface area contributed by atoms with Crippen molar-refractivity contribution in [1.82, 2.24) is 4.98 Å². The van der Waals surface area contributed by atoms with Gasteiger partial charge in [-0.3, -0.25) is 4.79 Å². The minimum atomic E-state index is -1.12. The highest BCUT2D eigenvalue weighted by Gasteiger charge is 2.20. The molecule has 9 heteroatoms. The average Bonchev–Trinajstić information content (AvgIpc) is 3.13. The topological polar surface area (TPSA) is 77.5 Å². The number of halogens is 2. The van der Waals surface area contributed by atoms with E-state index in [9.17, 15) is 14.0 Å². The van der Waals surface area contributed by atoms with Crippen molar-refractivity contribution < 1.29 is 23.5 Å². The lowest BCUT2D eigenvalue weighted by Crippen LogP contribution is -2.30. The second-order valence-corrected chi connectivity index (χ2v) is 8.31. The van der Waals surface area contributed by atoms with Gasteiger partial charge in [0.05, 0.1) is 22.0 Å². The van der Waals surface area contributed by atoms with Crippen LogP contribution in [0, 0.1) is 12.7 Å². The molecule has 0 aliphatic rings. The van der Waals surface area contributed by atoms with Gasteiger partial charge in [-0.25, -0.2) is 14.2 Å². The average molecular weight is 493 g/mol. The number of nitrogens with zero attached hydrogens (tertiary/aromatic N) is 1. The van der Waals surface area contributed by atoms with E-state index in [-0.39, 0.29) is 17.9 Å². The van der Waals surface area contributed by atoms with Gasteiger partial charge in [-0.05, 0) is 50.2 Å². The summed E-state index contributed by atoms with van der Waals surface area (Å²) in [6, 6.07) is 10.7. The molecule has 1 amide bonds. The molecule has 0 fully saturated rings. The maximum absolute atomic E-state index is 13.9. The fourth-order valence-corrected chi connectivity index (χ4v) is 3.38. The summed E-state index contributed by atoms with van der Waals surface area (Å²) in [4.78, 5) is 29.0. The Morgan fingerprint density at radius 2 is 2.07 bits per heavy atom. The molecule has 0 aliphatic carbocycles. The molecule has 1 unspecified atom stereocenters. The zero-order valence-electron chi connectivity index (χ0n) is 16.1. The summed E-state index contributed by atoms with van der Waals surface area (Å²) >= 11 is 4.68. The number of thiazole rings is 1. The zero-order valence-corrected chi connectivity index (χ0v) is 18.6. The Morgan fingerprint density at radius 1 is 1.27 bits per heavy atom. The molecule has 0 saturated carbocycles. The number of esters is 1. The summed E-state index contributed by atoms with van der Waals surface area (Å²) < 4.78 is 25.3. The predicted octanol–water partition coefficient (Wildman–Crippen LogP) is 5.12. The molecule has 156 valence electrons. The molecule has 1 atom stereocenters. The fraction of sp³-hybridized carbons (Fsp3) is 0.190. The van der Waals surface area contributed by atoms with Gasteiger partial charge in [0.1, 0.15) is 18.2 Å². The molecule has 3 rings (SSSR count). The largest absolute Gasteiger partial charge is 0.487 e. The summed E-state index contributed by atoms with van der Waals surface area (Å²) in [7, 11) is 0. The van der Waals surface area contributed by atoms with Gasteiger partial charge in [-0.1, -0.05) is 22.0 Å². The highest BCUT2D eigenvalue weighted by molar-refractivity contribution is 9.10. The molecule has 0 radical (unpaired) electrons. The molecule has 0 saturated heterocycles.